The van der Waals surface area contributed by atoms with E-state index >= 15 is 0 Å². The zero-order valence-electron chi connectivity index (χ0n) is 18.4. The van der Waals surface area contributed by atoms with E-state index in [0.717, 1.165) is 0 Å². The van der Waals surface area contributed by atoms with Crippen LogP contribution in [0.25, 0.3) is 0 Å². The van der Waals surface area contributed by atoms with Crippen LogP contribution in [0.5, 0.6) is 5.75 Å². The Morgan fingerprint density at radius 2 is 1.56 bits per heavy atom. The van der Waals surface area contributed by atoms with Crippen LogP contribution < -0.4 is 14.8 Å². The summed E-state index contributed by atoms with van der Waals surface area (Å²) in [4.78, 5) is 25.0. The molecule has 3 aromatic rings. The van der Waals surface area contributed by atoms with Gasteiger partial charge in [-0.1, -0.05) is 24.3 Å². The molecule has 1 amide bonds. The lowest BCUT2D eigenvalue weighted by atomic mass is 10.2. The number of carbonyl (C=O) groups excluding carboxylic acids is 2. The van der Waals surface area contributed by atoms with Gasteiger partial charge >= 0.3 is 5.97 Å². The van der Waals surface area contributed by atoms with E-state index in [1.54, 1.807) is 12.1 Å². The van der Waals surface area contributed by atoms with Crippen LogP contribution in [-0.2, 0) is 19.6 Å². The van der Waals surface area contributed by atoms with Crippen molar-refractivity contribution >= 4 is 33.3 Å². The maximum Gasteiger partial charge on any atom is 0.341 e. The minimum atomic E-state index is -4.03. The molecule has 0 aromatic heterocycles. The molecule has 1 atom stereocenters. The Hall–Kier alpha value is -3.92. The molecule has 34 heavy (non-hydrogen) atoms. The van der Waals surface area contributed by atoms with Gasteiger partial charge in [0.1, 0.15) is 11.6 Å². The summed E-state index contributed by atoms with van der Waals surface area (Å²) in [5, 5.41) is 2.34. The maximum absolute atomic E-state index is 13.8. The molecule has 0 fully saturated rings. The lowest BCUT2D eigenvalue weighted by Crippen LogP contribution is -2.30. The van der Waals surface area contributed by atoms with Gasteiger partial charge in [-0.15, -0.1) is 0 Å². The summed E-state index contributed by atoms with van der Waals surface area (Å²) in [6.07, 6.45) is -1.28. The first-order valence-electron chi connectivity index (χ1n) is 10.3. The number of nitrogens with one attached hydrogen (secondary N) is 2. The molecule has 178 valence electrons. The number of anilines is 2. The van der Waals surface area contributed by atoms with Crippen LogP contribution in [0.2, 0.25) is 0 Å². The van der Waals surface area contributed by atoms with Gasteiger partial charge in [-0.3, -0.25) is 9.52 Å². The number of amides is 1. The molecule has 0 aliphatic carbocycles. The van der Waals surface area contributed by atoms with E-state index < -0.39 is 33.8 Å². The van der Waals surface area contributed by atoms with Crippen molar-refractivity contribution in [2.45, 2.75) is 24.8 Å². The summed E-state index contributed by atoms with van der Waals surface area (Å²) < 4.78 is 52.2. The van der Waals surface area contributed by atoms with E-state index in [1.165, 1.54) is 67.6 Å². The molecule has 0 aliphatic heterocycles. The number of para-hydroxylation sites is 2. The van der Waals surface area contributed by atoms with Gasteiger partial charge in [0, 0.05) is 0 Å². The summed E-state index contributed by atoms with van der Waals surface area (Å²) in [5.41, 5.74) is -0.176. The summed E-state index contributed by atoms with van der Waals surface area (Å²) in [6, 6.07) is 17.2. The van der Waals surface area contributed by atoms with Crippen molar-refractivity contribution in [2.75, 3.05) is 16.6 Å². The molecule has 0 saturated carbocycles. The first-order chi connectivity index (χ1) is 16.2. The second kappa shape index (κ2) is 10.8. The van der Waals surface area contributed by atoms with E-state index in [-0.39, 0.29) is 21.8 Å². The fraction of sp³-hybridized carbons (Fsp3) is 0.167. The van der Waals surface area contributed by atoms with Crippen molar-refractivity contribution in [1.82, 2.24) is 0 Å². The zero-order valence-corrected chi connectivity index (χ0v) is 19.3. The predicted octanol–water partition coefficient (Wildman–Crippen LogP) is 4.21. The highest BCUT2D eigenvalue weighted by molar-refractivity contribution is 7.92. The highest BCUT2D eigenvalue weighted by atomic mass is 32.2. The predicted molar refractivity (Wildman–Crippen MR) is 125 cm³/mol. The standard InChI is InChI=1S/C24H23FN2O6S/c1-3-32-17-12-14-18(15-13-17)34(30,31)27-21-10-6-4-8-19(21)24(29)33-16(2)23(28)26-22-11-7-5-9-20(22)25/h4-16,27H,3H2,1-2H3,(H,26,28). The smallest absolute Gasteiger partial charge is 0.341 e. The molecule has 3 aromatic carbocycles. The molecule has 0 saturated heterocycles. The van der Waals surface area contributed by atoms with E-state index in [2.05, 4.69) is 10.0 Å². The SMILES string of the molecule is CCOc1ccc(S(=O)(=O)Nc2ccccc2C(=O)OC(C)C(=O)Nc2ccccc2F)cc1. The van der Waals surface area contributed by atoms with Crippen LogP contribution in [0.3, 0.4) is 0 Å². The van der Waals surface area contributed by atoms with E-state index in [0.29, 0.717) is 12.4 Å². The maximum atomic E-state index is 13.8. The Bertz CT molecular complexity index is 1280. The molecule has 0 radical (unpaired) electrons. The zero-order chi connectivity index (χ0) is 24.7. The summed E-state index contributed by atoms with van der Waals surface area (Å²) in [5.74, 6) is -1.79. The Balaban J connectivity index is 1.73. The van der Waals surface area contributed by atoms with Crippen LogP contribution >= 0.6 is 0 Å². The first kappa shape index (κ1) is 24.7. The largest absolute Gasteiger partial charge is 0.494 e. The molecule has 2 N–H and O–H groups in total. The number of hydrogen-bond acceptors (Lipinski definition) is 6. The lowest BCUT2D eigenvalue weighted by Gasteiger charge is -2.16. The van der Waals surface area contributed by atoms with Crippen LogP contribution in [0, 0.1) is 5.82 Å². The third-order valence-electron chi connectivity index (χ3n) is 4.62. The fourth-order valence-electron chi connectivity index (χ4n) is 2.91. The summed E-state index contributed by atoms with van der Waals surface area (Å²) in [7, 11) is -4.03. The third-order valence-corrected chi connectivity index (χ3v) is 6.00. The molecule has 3 rings (SSSR count). The summed E-state index contributed by atoms with van der Waals surface area (Å²) >= 11 is 0. The van der Waals surface area contributed by atoms with Crippen molar-refractivity contribution in [3.8, 4) is 5.75 Å². The van der Waals surface area contributed by atoms with Gasteiger partial charge in [0.2, 0.25) is 0 Å². The van der Waals surface area contributed by atoms with Crippen molar-refractivity contribution < 1.29 is 31.9 Å². The molecule has 10 heteroatoms. The number of halogens is 1. The van der Waals surface area contributed by atoms with E-state index in [4.69, 9.17) is 9.47 Å². The van der Waals surface area contributed by atoms with E-state index in [1.807, 2.05) is 6.92 Å². The Morgan fingerprint density at radius 3 is 2.21 bits per heavy atom. The van der Waals surface area contributed by atoms with Crippen LogP contribution in [0.1, 0.15) is 24.2 Å². The highest BCUT2D eigenvalue weighted by Gasteiger charge is 2.23. The minimum Gasteiger partial charge on any atom is -0.494 e. The molecular weight excluding hydrogens is 463 g/mol. The third kappa shape index (κ3) is 6.10. The quantitative estimate of drug-likeness (QED) is 0.439. The number of esters is 1. The van der Waals surface area contributed by atoms with Crippen LogP contribution in [0.4, 0.5) is 15.8 Å². The molecule has 1 unspecified atom stereocenters. The van der Waals surface area contributed by atoms with Crippen molar-refractivity contribution in [3.63, 3.8) is 0 Å². The average molecular weight is 487 g/mol. The van der Waals surface area contributed by atoms with Gasteiger partial charge in [-0.25, -0.2) is 17.6 Å². The topological polar surface area (TPSA) is 111 Å². The Morgan fingerprint density at radius 1 is 0.941 bits per heavy atom. The monoisotopic (exact) mass is 486 g/mol. The first-order valence-corrected chi connectivity index (χ1v) is 11.8. The van der Waals surface area contributed by atoms with Gasteiger partial charge in [0.05, 0.1) is 28.4 Å². The Kier molecular flexibility index (Phi) is 7.85. The van der Waals surface area contributed by atoms with E-state index in [9.17, 15) is 22.4 Å². The number of ether oxygens (including phenoxy) is 2. The molecular formula is C24H23FN2O6S. The van der Waals surface area contributed by atoms with Crippen molar-refractivity contribution in [1.29, 1.82) is 0 Å². The van der Waals surface area contributed by atoms with Gasteiger partial charge in [0.15, 0.2) is 6.10 Å². The number of benzene rings is 3. The van der Waals surface area contributed by atoms with Gasteiger partial charge < -0.3 is 14.8 Å². The fourth-order valence-corrected chi connectivity index (χ4v) is 3.99. The van der Waals surface area contributed by atoms with Crippen molar-refractivity contribution in [3.05, 3.63) is 84.2 Å². The number of carbonyl (C=O) groups is 2. The molecule has 8 nitrogen and oxygen atoms in total. The van der Waals surface area contributed by atoms with Gasteiger partial charge in [0.25, 0.3) is 15.9 Å². The lowest BCUT2D eigenvalue weighted by molar-refractivity contribution is -0.123. The second-order valence-corrected chi connectivity index (χ2v) is 8.75. The molecule has 0 bridgehead atoms. The minimum absolute atomic E-state index is 0.0249. The molecule has 0 spiro atoms. The van der Waals surface area contributed by atoms with Gasteiger partial charge in [-0.2, -0.15) is 0 Å². The number of rotatable bonds is 9. The Labute approximate surface area is 196 Å². The molecule has 0 aliphatic rings. The average Bonchev–Trinajstić information content (AvgIpc) is 2.81. The van der Waals surface area contributed by atoms with Gasteiger partial charge in [-0.05, 0) is 62.4 Å². The van der Waals surface area contributed by atoms with Crippen LogP contribution in [0.15, 0.2) is 77.7 Å². The summed E-state index contributed by atoms with van der Waals surface area (Å²) in [6.45, 7) is 3.57. The second-order valence-electron chi connectivity index (χ2n) is 7.07. The van der Waals surface area contributed by atoms with Crippen molar-refractivity contribution in [2.24, 2.45) is 0 Å². The van der Waals surface area contributed by atoms with Crippen LogP contribution in [-0.4, -0.2) is 33.0 Å². The molecule has 0 heterocycles. The number of sulfonamides is 1. The normalized spacial score (nSPS) is 11.9. The highest BCUT2D eigenvalue weighted by Crippen LogP contribution is 2.23. The number of hydrogen-bond donors (Lipinski definition) is 2.